The van der Waals surface area contributed by atoms with Crippen LogP contribution < -0.4 is 5.43 Å². The molecule has 0 aromatic carbocycles. The zero-order chi connectivity index (χ0) is 13.7. The fraction of sp³-hybridized carbons (Fsp3) is 0.538. The Morgan fingerprint density at radius 2 is 1.72 bits per heavy atom. The van der Waals surface area contributed by atoms with Crippen LogP contribution in [0.1, 0.15) is 25.2 Å². The van der Waals surface area contributed by atoms with Gasteiger partial charge in [-0.05, 0) is 31.4 Å². The third-order valence-corrected chi connectivity index (χ3v) is 3.87. The Morgan fingerprint density at radius 1 is 1.22 bits per heavy atom. The topological polar surface area (TPSA) is 71.3 Å². The first-order valence-corrected chi connectivity index (χ1v) is 5.95. The summed E-state index contributed by atoms with van der Waals surface area (Å²) in [6.45, 7) is 7.40. The average molecular weight is 250 g/mol. The van der Waals surface area contributed by atoms with Crippen LogP contribution in [0.5, 0.6) is 0 Å². The van der Waals surface area contributed by atoms with Crippen LogP contribution in [0.3, 0.4) is 0 Å². The maximum Gasteiger partial charge on any atom is 0.307 e. The summed E-state index contributed by atoms with van der Waals surface area (Å²) in [4.78, 5) is 23.2. The molecule has 0 bridgehead atoms. The number of aliphatic carboxylic acids is 1. The molecule has 2 rings (SSSR count). The second-order valence-corrected chi connectivity index (χ2v) is 5.54. The van der Waals surface area contributed by atoms with Gasteiger partial charge in [-0.2, -0.15) is 0 Å². The molecule has 5 heteroatoms. The molecule has 2 unspecified atom stereocenters. The van der Waals surface area contributed by atoms with E-state index in [-0.39, 0.29) is 5.91 Å². The zero-order valence-electron chi connectivity index (χ0n) is 11.0. The van der Waals surface area contributed by atoms with Gasteiger partial charge in [-0.3, -0.25) is 19.7 Å². The van der Waals surface area contributed by atoms with Gasteiger partial charge in [0.25, 0.3) is 0 Å². The van der Waals surface area contributed by atoms with Crippen LogP contribution in [0, 0.1) is 31.1 Å². The minimum atomic E-state index is -0.902. The summed E-state index contributed by atoms with van der Waals surface area (Å²) < 4.78 is 1.69. The Labute approximate surface area is 106 Å². The van der Waals surface area contributed by atoms with Crippen molar-refractivity contribution in [2.24, 2.45) is 17.3 Å². The molecular weight excluding hydrogens is 232 g/mol. The predicted molar refractivity (Wildman–Crippen MR) is 66.7 cm³/mol. The van der Waals surface area contributed by atoms with Crippen LogP contribution in [-0.2, 0) is 9.59 Å². The van der Waals surface area contributed by atoms with Crippen LogP contribution in [0.15, 0.2) is 12.1 Å². The maximum absolute atomic E-state index is 12.1. The van der Waals surface area contributed by atoms with E-state index < -0.39 is 23.2 Å². The molecule has 1 fully saturated rings. The van der Waals surface area contributed by atoms with Crippen molar-refractivity contribution in [3.63, 3.8) is 0 Å². The summed E-state index contributed by atoms with van der Waals surface area (Å²) in [5.41, 5.74) is 4.15. The lowest BCUT2D eigenvalue weighted by Crippen LogP contribution is -2.27. The first-order chi connectivity index (χ1) is 8.26. The highest BCUT2D eigenvalue weighted by molar-refractivity contribution is 5.95. The van der Waals surface area contributed by atoms with Crippen molar-refractivity contribution < 1.29 is 14.7 Å². The quantitative estimate of drug-likeness (QED) is 0.854. The molecule has 1 amide bonds. The van der Waals surface area contributed by atoms with E-state index >= 15 is 0 Å². The Kier molecular flexibility index (Phi) is 2.72. The van der Waals surface area contributed by atoms with Gasteiger partial charge in [-0.1, -0.05) is 13.8 Å². The molecule has 0 spiro atoms. The van der Waals surface area contributed by atoms with Crippen molar-refractivity contribution in [3.8, 4) is 0 Å². The molecule has 1 aliphatic carbocycles. The summed E-state index contributed by atoms with van der Waals surface area (Å²) in [5.74, 6) is -2.18. The van der Waals surface area contributed by atoms with Gasteiger partial charge in [0.15, 0.2) is 0 Å². The molecule has 5 nitrogen and oxygen atoms in total. The third kappa shape index (κ3) is 1.79. The standard InChI is InChI=1S/C13H18N2O3/c1-7-5-6-8(2)15(7)14-11(16)9-10(12(17)18)13(9,3)4/h5-6,9-10H,1-4H3,(H,14,16)(H,17,18). The number of carboxylic acid groups (broad SMARTS) is 1. The number of hydrogen-bond acceptors (Lipinski definition) is 2. The van der Waals surface area contributed by atoms with Crippen LogP contribution in [0.4, 0.5) is 0 Å². The SMILES string of the molecule is Cc1ccc(C)n1NC(=O)C1C(C(=O)O)C1(C)C. The highest BCUT2D eigenvalue weighted by Gasteiger charge is 2.66. The van der Waals surface area contributed by atoms with Gasteiger partial charge in [0, 0.05) is 11.4 Å². The smallest absolute Gasteiger partial charge is 0.307 e. The molecule has 1 aliphatic rings. The highest BCUT2D eigenvalue weighted by atomic mass is 16.4. The van der Waals surface area contributed by atoms with Crippen molar-refractivity contribution in [3.05, 3.63) is 23.5 Å². The van der Waals surface area contributed by atoms with Gasteiger partial charge in [0.1, 0.15) is 0 Å². The van der Waals surface area contributed by atoms with E-state index in [2.05, 4.69) is 5.43 Å². The number of carbonyl (C=O) groups is 2. The van der Waals surface area contributed by atoms with Gasteiger partial charge in [0.2, 0.25) is 5.91 Å². The third-order valence-electron chi connectivity index (χ3n) is 3.87. The number of amides is 1. The number of carbonyl (C=O) groups excluding carboxylic acids is 1. The fourth-order valence-corrected chi connectivity index (χ4v) is 2.61. The van der Waals surface area contributed by atoms with E-state index in [9.17, 15) is 9.59 Å². The van der Waals surface area contributed by atoms with Gasteiger partial charge in [0.05, 0.1) is 11.8 Å². The second kappa shape index (κ2) is 3.86. The van der Waals surface area contributed by atoms with Gasteiger partial charge in [-0.15, -0.1) is 0 Å². The number of aryl methyl sites for hydroxylation is 2. The second-order valence-electron chi connectivity index (χ2n) is 5.54. The normalized spacial score (nSPS) is 24.7. The summed E-state index contributed by atoms with van der Waals surface area (Å²) in [7, 11) is 0. The lowest BCUT2D eigenvalue weighted by molar-refractivity contribution is -0.140. The number of carboxylic acids is 1. The predicted octanol–water partition coefficient (Wildman–Crippen LogP) is 1.53. The van der Waals surface area contributed by atoms with Crippen molar-refractivity contribution in [1.29, 1.82) is 0 Å². The lowest BCUT2D eigenvalue weighted by atomic mass is 10.1. The van der Waals surface area contributed by atoms with E-state index in [1.165, 1.54) is 0 Å². The first kappa shape index (κ1) is 12.7. The number of aromatic nitrogens is 1. The van der Waals surface area contributed by atoms with E-state index in [1.54, 1.807) is 4.68 Å². The number of nitrogens with zero attached hydrogens (tertiary/aromatic N) is 1. The van der Waals surface area contributed by atoms with Crippen LogP contribution in [-0.4, -0.2) is 21.7 Å². The number of rotatable bonds is 3. The fourth-order valence-electron chi connectivity index (χ4n) is 2.61. The summed E-state index contributed by atoms with van der Waals surface area (Å²) in [5, 5.41) is 9.06. The molecule has 1 aromatic rings. The Balaban J connectivity index is 2.14. The van der Waals surface area contributed by atoms with Crippen molar-refractivity contribution in [2.75, 3.05) is 5.43 Å². The maximum atomic E-state index is 12.1. The molecular formula is C13H18N2O3. The molecule has 18 heavy (non-hydrogen) atoms. The molecule has 0 aliphatic heterocycles. The molecule has 2 N–H and O–H groups in total. The summed E-state index contributed by atoms with van der Waals surface area (Å²) >= 11 is 0. The largest absolute Gasteiger partial charge is 0.481 e. The van der Waals surface area contributed by atoms with E-state index in [4.69, 9.17) is 5.11 Å². The molecule has 0 saturated heterocycles. The Hall–Kier alpha value is -1.78. The van der Waals surface area contributed by atoms with Crippen LogP contribution in [0.2, 0.25) is 0 Å². The summed E-state index contributed by atoms with van der Waals surface area (Å²) in [6, 6.07) is 3.81. The lowest BCUT2D eigenvalue weighted by Gasteiger charge is -2.11. The van der Waals surface area contributed by atoms with Crippen LogP contribution >= 0.6 is 0 Å². The highest BCUT2D eigenvalue weighted by Crippen LogP contribution is 2.58. The average Bonchev–Trinajstić information content (AvgIpc) is 2.72. The van der Waals surface area contributed by atoms with E-state index in [1.807, 2.05) is 39.8 Å². The molecule has 2 atom stereocenters. The van der Waals surface area contributed by atoms with E-state index in [0.717, 1.165) is 11.4 Å². The molecule has 98 valence electrons. The van der Waals surface area contributed by atoms with Crippen LogP contribution in [0.25, 0.3) is 0 Å². The van der Waals surface area contributed by atoms with Crippen molar-refractivity contribution in [2.45, 2.75) is 27.7 Å². The first-order valence-electron chi connectivity index (χ1n) is 5.95. The van der Waals surface area contributed by atoms with E-state index in [0.29, 0.717) is 0 Å². The number of nitrogens with one attached hydrogen (secondary N) is 1. The van der Waals surface area contributed by atoms with Gasteiger partial charge in [-0.25, -0.2) is 0 Å². The molecule has 0 radical (unpaired) electrons. The Morgan fingerprint density at radius 3 is 2.11 bits per heavy atom. The molecule has 1 saturated carbocycles. The van der Waals surface area contributed by atoms with Crippen molar-refractivity contribution >= 4 is 11.9 Å². The van der Waals surface area contributed by atoms with Crippen molar-refractivity contribution in [1.82, 2.24) is 4.68 Å². The minimum absolute atomic E-state index is 0.227. The van der Waals surface area contributed by atoms with Gasteiger partial charge >= 0.3 is 5.97 Å². The monoisotopic (exact) mass is 250 g/mol. The Bertz CT molecular complexity index is 497. The summed E-state index contributed by atoms with van der Waals surface area (Å²) in [6.07, 6.45) is 0. The molecule has 1 heterocycles. The molecule has 1 aromatic heterocycles. The zero-order valence-corrected chi connectivity index (χ0v) is 11.0. The van der Waals surface area contributed by atoms with Gasteiger partial charge < -0.3 is 5.11 Å². The number of hydrogen-bond donors (Lipinski definition) is 2. The minimum Gasteiger partial charge on any atom is -0.481 e.